The van der Waals surface area contributed by atoms with E-state index < -0.39 is 5.97 Å². The molecule has 1 aromatic rings. The van der Waals surface area contributed by atoms with Crippen LogP contribution in [0, 0.1) is 0 Å². The van der Waals surface area contributed by atoms with Gasteiger partial charge in [-0.2, -0.15) is 0 Å². The molecular weight excluding hydrogens is 242 g/mol. The number of aromatic carboxylic acids is 1. The summed E-state index contributed by atoms with van der Waals surface area (Å²) in [7, 11) is 0. The number of carboxylic acid groups (broad SMARTS) is 1. The molecule has 1 amide bonds. The number of carbonyl (C=O) groups is 2. The van der Waals surface area contributed by atoms with Crippen LogP contribution < -0.4 is 5.43 Å². The van der Waals surface area contributed by atoms with Gasteiger partial charge in [-0.15, -0.1) is 11.3 Å². The van der Waals surface area contributed by atoms with Gasteiger partial charge in [-0.05, 0) is 12.8 Å². The monoisotopic (exact) mass is 255 g/mol. The third-order valence-electron chi connectivity index (χ3n) is 2.54. The van der Waals surface area contributed by atoms with Crippen LogP contribution in [0.3, 0.4) is 0 Å². The zero-order valence-corrected chi connectivity index (χ0v) is 10.00. The number of hydrogen-bond acceptors (Lipinski definition) is 5. The first-order valence-electron chi connectivity index (χ1n) is 5.41. The number of nitrogens with one attached hydrogen (secondary N) is 1. The minimum absolute atomic E-state index is 0.0613. The molecule has 1 aliphatic heterocycles. The van der Waals surface area contributed by atoms with Crippen molar-refractivity contribution in [3.8, 4) is 0 Å². The van der Waals surface area contributed by atoms with Gasteiger partial charge >= 0.3 is 5.97 Å². The van der Waals surface area contributed by atoms with Crippen LogP contribution in [0.5, 0.6) is 0 Å². The molecule has 1 aromatic heterocycles. The maximum absolute atomic E-state index is 11.7. The smallest absolute Gasteiger partial charge is 0.365 e. The van der Waals surface area contributed by atoms with Crippen molar-refractivity contribution in [1.82, 2.24) is 15.4 Å². The fraction of sp³-hybridized carbons (Fsp3) is 0.500. The van der Waals surface area contributed by atoms with Crippen LogP contribution in [0.25, 0.3) is 0 Å². The van der Waals surface area contributed by atoms with Crippen molar-refractivity contribution in [2.75, 3.05) is 13.1 Å². The van der Waals surface area contributed by atoms with Gasteiger partial charge < -0.3 is 5.11 Å². The third-order valence-corrected chi connectivity index (χ3v) is 3.37. The Morgan fingerprint density at radius 2 is 2.06 bits per heavy atom. The first-order chi connectivity index (χ1) is 8.16. The molecular formula is C10H13N3O3S. The van der Waals surface area contributed by atoms with Crippen LogP contribution in [0.4, 0.5) is 0 Å². The standard InChI is InChI=1S/C10H13N3O3S/c14-8(12-13-4-2-1-3-5-13)7-6-17-9(11-7)10(15)16/h6H,1-5H2,(H,12,14)(H,15,16). The van der Waals surface area contributed by atoms with E-state index in [9.17, 15) is 9.59 Å². The van der Waals surface area contributed by atoms with Crippen LogP contribution in [0.2, 0.25) is 0 Å². The molecule has 6 nitrogen and oxygen atoms in total. The minimum atomic E-state index is -1.10. The molecule has 0 bridgehead atoms. The highest BCUT2D eigenvalue weighted by Gasteiger charge is 2.17. The lowest BCUT2D eigenvalue weighted by Crippen LogP contribution is -2.45. The van der Waals surface area contributed by atoms with Gasteiger partial charge in [0.25, 0.3) is 5.91 Å². The highest BCUT2D eigenvalue weighted by atomic mass is 32.1. The second-order valence-corrected chi connectivity index (χ2v) is 4.69. The number of hydrazine groups is 1. The van der Waals surface area contributed by atoms with Crippen LogP contribution in [-0.4, -0.2) is 40.1 Å². The Bertz CT molecular complexity index is 426. The molecule has 0 aliphatic carbocycles. The van der Waals surface area contributed by atoms with E-state index in [0.717, 1.165) is 37.3 Å². The molecule has 2 N–H and O–H groups in total. The molecule has 2 heterocycles. The lowest BCUT2D eigenvalue weighted by atomic mass is 10.2. The first kappa shape index (κ1) is 12.0. The summed E-state index contributed by atoms with van der Waals surface area (Å²) in [4.78, 5) is 26.1. The lowest BCUT2D eigenvalue weighted by Gasteiger charge is -2.26. The van der Waals surface area contributed by atoms with E-state index in [4.69, 9.17) is 5.11 Å². The summed E-state index contributed by atoms with van der Waals surface area (Å²) in [6.45, 7) is 1.67. The normalized spacial score (nSPS) is 16.7. The first-order valence-corrected chi connectivity index (χ1v) is 6.29. The molecule has 1 aliphatic rings. The van der Waals surface area contributed by atoms with Crippen molar-refractivity contribution in [1.29, 1.82) is 0 Å². The van der Waals surface area contributed by atoms with Crippen molar-refractivity contribution < 1.29 is 14.7 Å². The molecule has 17 heavy (non-hydrogen) atoms. The Labute approximate surface area is 102 Å². The van der Waals surface area contributed by atoms with Gasteiger partial charge in [0.15, 0.2) is 0 Å². The van der Waals surface area contributed by atoms with E-state index in [1.807, 2.05) is 5.01 Å². The average molecular weight is 255 g/mol. The van der Waals surface area contributed by atoms with Crippen molar-refractivity contribution in [2.24, 2.45) is 0 Å². The number of carbonyl (C=O) groups excluding carboxylic acids is 1. The minimum Gasteiger partial charge on any atom is -0.476 e. The van der Waals surface area contributed by atoms with E-state index in [1.165, 1.54) is 11.8 Å². The molecule has 0 spiro atoms. The summed E-state index contributed by atoms with van der Waals surface area (Å²) in [5.41, 5.74) is 2.90. The summed E-state index contributed by atoms with van der Waals surface area (Å²) in [6, 6.07) is 0. The Kier molecular flexibility index (Phi) is 3.70. The molecule has 1 fully saturated rings. The number of amides is 1. The summed E-state index contributed by atoms with van der Waals surface area (Å²) < 4.78 is 0. The van der Waals surface area contributed by atoms with Crippen LogP contribution in [0.15, 0.2) is 5.38 Å². The van der Waals surface area contributed by atoms with Crippen molar-refractivity contribution >= 4 is 23.2 Å². The average Bonchev–Trinajstić information content (AvgIpc) is 2.79. The molecule has 0 radical (unpaired) electrons. The lowest BCUT2D eigenvalue weighted by molar-refractivity contribution is 0.0696. The number of rotatable bonds is 3. The second kappa shape index (κ2) is 5.24. The van der Waals surface area contributed by atoms with E-state index >= 15 is 0 Å². The Morgan fingerprint density at radius 3 is 2.65 bits per heavy atom. The molecule has 92 valence electrons. The molecule has 0 atom stereocenters. The molecule has 1 saturated heterocycles. The maximum atomic E-state index is 11.7. The number of piperidine rings is 1. The predicted molar refractivity (Wildman–Crippen MR) is 62.0 cm³/mol. The van der Waals surface area contributed by atoms with Gasteiger partial charge in [-0.25, -0.2) is 14.8 Å². The topological polar surface area (TPSA) is 82.5 Å². The Hall–Kier alpha value is -1.47. The number of aromatic nitrogens is 1. The molecule has 0 unspecified atom stereocenters. The van der Waals surface area contributed by atoms with Crippen LogP contribution in [-0.2, 0) is 0 Å². The van der Waals surface area contributed by atoms with Gasteiger partial charge in [0, 0.05) is 18.5 Å². The van der Waals surface area contributed by atoms with E-state index in [0.29, 0.717) is 0 Å². The zero-order chi connectivity index (χ0) is 12.3. The zero-order valence-electron chi connectivity index (χ0n) is 9.18. The summed E-state index contributed by atoms with van der Waals surface area (Å²) in [6.07, 6.45) is 3.32. The Morgan fingerprint density at radius 1 is 1.35 bits per heavy atom. The van der Waals surface area contributed by atoms with E-state index in [1.54, 1.807) is 0 Å². The summed E-state index contributed by atoms with van der Waals surface area (Å²) >= 11 is 0.958. The fourth-order valence-corrected chi connectivity index (χ4v) is 2.32. The van der Waals surface area contributed by atoms with E-state index in [-0.39, 0.29) is 16.6 Å². The number of hydrogen-bond donors (Lipinski definition) is 2. The highest BCUT2D eigenvalue weighted by molar-refractivity contribution is 7.11. The SMILES string of the molecule is O=C(NN1CCCCC1)c1csc(C(=O)O)n1. The van der Waals surface area contributed by atoms with E-state index in [2.05, 4.69) is 10.4 Å². The van der Waals surface area contributed by atoms with Gasteiger partial charge in [0.2, 0.25) is 5.01 Å². The predicted octanol–water partition coefficient (Wildman–Crippen LogP) is 0.972. The number of thiazole rings is 1. The fourth-order valence-electron chi connectivity index (χ4n) is 1.68. The quantitative estimate of drug-likeness (QED) is 0.841. The van der Waals surface area contributed by atoms with Gasteiger partial charge in [-0.3, -0.25) is 10.2 Å². The van der Waals surface area contributed by atoms with Gasteiger partial charge in [-0.1, -0.05) is 6.42 Å². The summed E-state index contributed by atoms with van der Waals surface area (Å²) in [5.74, 6) is -1.44. The van der Waals surface area contributed by atoms with Crippen molar-refractivity contribution in [3.05, 3.63) is 16.1 Å². The summed E-state index contributed by atoms with van der Waals surface area (Å²) in [5, 5.41) is 12.0. The molecule has 2 rings (SSSR count). The van der Waals surface area contributed by atoms with Crippen molar-refractivity contribution in [2.45, 2.75) is 19.3 Å². The van der Waals surface area contributed by atoms with Crippen LogP contribution >= 0.6 is 11.3 Å². The highest BCUT2D eigenvalue weighted by Crippen LogP contribution is 2.11. The molecule has 7 heteroatoms. The van der Waals surface area contributed by atoms with Crippen LogP contribution in [0.1, 0.15) is 39.6 Å². The number of carboxylic acids is 1. The van der Waals surface area contributed by atoms with Gasteiger partial charge in [0.1, 0.15) is 5.69 Å². The maximum Gasteiger partial charge on any atom is 0.365 e. The second-order valence-electron chi connectivity index (χ2n) is 3.83. The third kappa shape index (κ3) is 3.01. The molecule has 0 saturated carbocycles. The Balaban J connectivity index is 1.96. The van der Waals surface area contributed by atoms with Crippen molar-refractivity contribution in [3.63, 3.8) is 0 Å². The number of nitrogens with zero attached hydrogens (tertiary/aromatic N) is 2. The van der Waals surface area contributed by atoms with Gasteiger partial charge in [0.05, 0.1) is 0 Å². The molecule has 0 aromatic carbocycles. The largest absolute Gasteiger partial charge is 0.476 e.